The molecule has 3 aromatic heterocycles. The van der Waals surface area contributed by atoms with Crippen LogP contribution in [0.4, 0.5) is 0 Å². The Balaban J connectivity index is 1.38. The lowest BCUT2D eigenvalue weighted by Crippen LogP contribution is -2.38. The van der Waals surface area contributed by atoms with Crippen LogP contribution in [0.2, 0.25) is 0 Å². The van der Waals surface area contributed by atoms with Crippen molar-refractivity contribution in [3.8, 4) is 5.82 Å². The summed E-state index contributed by atoms with van der Waals surface area (Å²) in [6.45, 7) is 8.07. The number of carbonyl (C=O) groups is 1. The first kappa shape index (κ1) is 18.7. The van der Waals surface area contributed by atoms with Gasteiger partial charge in [0.15, 0.2) is 5.82 Å². The van der Waals surface area contributed by atoms with Crippen molar-refractivity contribution in [3.63, 3.8) is 0 Å². The van der Waals surface area contributed by atoms with Crippen molar-refractivity contribution in [1.29, 1.82) is 0 Å². The molecule has 7 nitrogen and oxygen atoms in total. The van der Waals surface area contributed by atoms with Gasteiger partial charge in [0.2, 0.25) is 0 Å². The number of hydrogen-bond donors (Lipinski definition) is 0. The number of nitrogens with zero attached hydrogens (tertiary/aromatic N) is 6. The van der Waals surface area contributed by atoms with Crippen LogP contribution in [0.1, 0.15) is 60.6 Å². The molecule has 1 aliphatic rings. The predicted octanol–water partition coefficient (Wildman–Crippen LogP) is 3.44. The molecule has 4 rings (SSSR count). The van der Waals surface area contributed by atoms with Gasteiger partial charge in [-0.1, -0.05) is 20.8 Å². The molecule has 1 aliphatic heterocycles. The number of hydrogen-bond acceptors (Lipinski definition) is 6. The molecular formula is C20H24N6OS. The van der Waals surface area contributed by atoms with Gasteiger partial charge >= 0.3 is 0 Å². The van der Waals surface area contributed by atoms with Crippen molar-refractivity contribution in [2.45, 2.75) is 44.9 Å². The smallest absolute Gasteiger partial charge is 0.255 e. The van der Waals surface area contributed by atoms with Gasteiger partial charge in [-0.25, -0.2) is 19.6 Å². The standard InChI is InChI=1S/C20H24N6OS/c1-20(2,3)16-11-28-18(24-16)14-6-8-25(9-7-14)19(27)15-4-5-17(22-10-15)26-13-21-12-23-26/h4-5,10-14H,6-9H2,1-3H3. The third-order valence-electron chi connectivity index (χ3n) is 5.07. The van der Waals surface area contributed by atoms with E-state index in [1.807, 2.05) is 4.90 Å². The van der Waals surface area contributed by atoms with E-state index in [1.54, 1.807) is 40.7 Å². The minimum absolute atomic E-state index is 0.0330. The van der Waals surface area contributed by atoms with Crippen molar-refractivity contribution >= 4 is 17.2 Å². The van der Waals surface area contributed by atoms with Crippen molar-refractivity contribution < 1.29 is 4.79 Å². The molecule has 28 heavy (non-hydrogen) atoms. The SMILES string of the molecule is CC(C)(C)c1csc(C2CCN(C(=O)c3ccc(-n4cncn4)nc3)CC2)n1. The third-order valence-corrected chi connectivity index (χ3v) is 6.08. The van der Waals surface area contributed by atoms with Crippen LogP contribution in [0.25, 0.3) is 5.82 Å². The Kier molecular flexibility index (Phi) is 4.97. The van der Waals surface area contributed by atoms with Gasteiger partial charge in [0, 0.05) is 36.0 Å². The monoisotopic (exact) mass is 396 g/mol. The van der Waals surface area contributed by atoms with E-state index in [9.17, 15) is 4.79 Å². The summed E-state index contributed by atoms with van der Waals surface area (Å²) in [5.41, 5.74) is 1.84. The molecule has 0 unspecified atom stereocenters. The Morgan fingerprint density at radius 2 is 2.00 bits per heavy atom. The van der Waals surface area contributed by atoms with Gasteiger partial charge in [0.05, 0.1) is 16.3 Å². The number of thiazole rings is 1. The summed E-state index contributed by atoms with van der Waals surface area (Å²) in [7, 11) is 0. The Hall–Kier alpha value is -2.61. The zero-order valence-electron chi connectivity index (χ0n) is 16.4. The molecule has 0 aliphatic carbocycles. The lowest BCUT2D eigenvalue weighted by molar-refractivity contribution is 0.0712. The van der Waals surface area contributed by atoms with Crippen molar-refractivity contribution in [2.75, 3.05) is 13.1 Å². The average molecular weight is 397 g/mol. The molecule has 0 saturated carbocycles. The Morgan fingerprint density at radius 3 is 2.57 bits per heavy atom. The van der Waals surface area contributed by atoms with Crippen LogP contribution >= 0.6 is 11.3 Å². The lowest BCUT2D eigenvalue weighted by atomic mass is 9.93. The first-order valence-corrected chi connectivity index (χ1v) is 10.4. The maximum Gasteiger partial charge on any atom is 0.255 e. The first-order chi connectivity index (χ1) is 13.4. The van der Waals surface area contributed by atoms with Crippen molar-refractivity contribution in [3.05, 3.63) is 52.6 Å². The molecule has 0 bridgehead atoms. The van der Waals surface area contributed by atoms with Crippen LogP contribution in [-0.4, -0.2) is 48.6 Å². The molecule has 0 radical (unpaired) electrons. The van der Waals surface area contributed by atoms with Gasteiger partial charge in [-0.2, -0.15) is 5.10 Å². The number of pyridine rings is 1. The zero-order valence-corrected chi connectivity index (χ0v) is 17.2. The fraction of sp³-hybridized carbons (Fsp3) is 0.450. The highest BCUT2D eigenvalue weighted by atomic mass is 32.1. The number of rotatable bonds is 3. The predicted molar refractivity (Wildman–Crippen MR) is 108 cm³/mol. The van der Waals surface area contributed by atoms with Crippen LogP contribution in [0.3, 0.4) is 0 Å². The van der Waals surface area contributed by atoms with Crippen LogP contribution in [0.5, 0.6) is 0 Å². The topological polar surface area (TPSA) is 76.8 Å². The lowest BCUT2D eigenvalue weighted by Gasteiger charge is -2.31. The summed E-state index contributed by atoms with van der Waals surface area (Å²) < 4.78 is 1.57. The largest absolute Gasteiger partial charge is 0.339 e. The summed E-state index contributed by atoms with van der Waals surface area (Å²) in [5, 5.41) is 7.43. The molecule has 0 aromatic carbocycles. The highest BCUT2D eigenvalue weighted by Crippen LogP contribution is 2.33. The number of amides is 1. The molecule has 8 heteroatoms. The van der Waals surface area contributed by atoms with Gasteiger partial charge in [-0.3, -0.25) is 4.79 Å². The van der Waals surface area contributed by atoms with Gasteiger partial charge in [-0.05, 0) is 25.0 Å². The fourth-order valence-electron chi connectivity index (χ4n) is 3.31. The second kappa shape index (κ2) is 7.43. The first-order valence-electron chi connectivity index (χ1n) is 9.48. The molecule has 1 saturated heterocycles. The van der Waals surface area contributed by atoms with Gasteiger partial charge in [0.25, 0.3) is 5.91 Å². The second-order valence-corrected chi connectivity index (χ2v) is 9.02. The highest BCUT2D eigenvalue weighted by molar-refractivity contribution is 7.09. The summed E-state index contributed by atoms with van der Waals surface area (Å²) in [6, 6.07) is 3.59. The molecule has 4 heterocycles. The van der Waals surface area contributed by atoms with Crippen molar-refractivity contribution in [2.24, 2.45) is 0 Å². The Labute approximate surface area is 168 Å². The van der Waals surface area contributed by atoms with E-state index in [1.165, 1.54) is 11.3 Å². The van der Waals surface area contributed by atoms with E-state index < -0.39 is 0 Å². The van der Waals surface area contributed by atoms with Gasteiger partial charge in [0.1, 0.15) is 12.7 Å². The summed E-state index contributed by atoms with van der Waals surface area (Å²) in [4.78, 5) is 27.8. The highest BCUT2D eigenvalue weighted by Gasteiger charge is 2.27. The molecule has 0 spiro atoms. The fourth-order valence-corrected chi connectivity index (χ4v) is 4.52. The summed E-state index contributed by atoms with van der Waals surface area (Å²) >= 11 is 1.75. The maximum absolute atomic E-state index is 12.8. The minimum atomic E-state index is 0.0330. The molecule has 0 N–H and O–H groups in total. The van der Waals surface area contributed by atoms with E-state index >= 15 is 0 Å². The molecule has 0 atom stereocenters. The molecule has 3 aromatic rings. The normalized spacial score (nSPS) is 15.8. The summed E-state index contributed by atoms with van der Waals surface area (Å²) in [6.07, 6.45) is 6.55. The van der Waals surface area contributed by atoms with E-state index in [0.717, 1.165) is 31.6 Å². The van der Waals surface area contributed by atoms with E-state index in [0.29, 0.717) is 17.3 Å². The van der Waals surface area contributed by atoms with E-state index in [2.05, 4.69) is 41.2 Å². The molecule has 1 amide bonds. The van der Waals surface area contributed by atoms with Crippen LogP contribution < -0.4 is 0 Å². The van der Waals surface area contributed by atoms with Gasteiger partial charge < -0.3 is 4.90 Å². The average Bonchev–Trinajstić information content (AvgIpc) is 3.39. The van der Waals surface area contributed by atoms with E-state index in [4.69, 9.17) is 4.98 Å². The molecule has 146 valence electrons. The number of piperidine rings is 1. The van der Waals surface area contributed by atoms with Crippen molar-refractivity contribution in [1.82, 2.24) is 29.6 Å². The second-order valence-electron chi connectivity index (χ2n) is 8.13. The van der Waals surface area contributed by atoms with Crippen LogP contribution in [0.15, 0.2) is 36.4 Å². The Morgan fingerprint density at radius 1 is 1.21 bits per heavy atom. The zero-order chi connectivity index (χ0) is 19.7. The third kappa shape index (κ3) is 3.82. The minimum Gasteiger partial charge on any atom is -0.339 e. The number of aromatic nitrogens is 5. The number of carbonyl (C=O) groups excluding carboxylic acids is 1. The van der Waals surface area contributed by atoms with E-state index in [-0.39, 0.29) is 11.3 Å². The quantitative estimate of drug-likeness (QED) is 0.678. The maximum atomic E-state index is 12.8. The molecule has 1 fully saturated rings. The van der Waals surface area contributed by atoms with Crippen LogP contribution in [-0.2, 0) is 5.41 Å². The summed E-state index contributed by atoms with van der Waals surface area (Å²) in [5.74, 6) is 1.12. The number of likely N-dealkylation sites (tertiary alicyclic amines) is 1. The molecular weight excluding hydrogens is 372 g/mol. The van der Waals surface area contributed by atoms with Crippen LogP contribution in [0, 0.1) is 0 Å². The van der Waals surface area contributed by atoms with Gasteiger partial charge in [-0.15, -0.1) is 11.3 Å². The Bertz CT molecular complexity index is 934.